The van der Waals surface area contributed by atoms with E-state index in [-0.39, 0.29) is 12.1 Å². The molecule has 106 valence electrons. The second-order valence-corrected chi connectivity index (χ2v) is 5.61. The molecule has 3 nitrogen and oxygen atoms in total. The van der Waals surface area contributed by atoms with E-state index in [1.54, 1.807) is 0 Å². The van der Waals surface area contributed by atoms with Crippen molar-refractivity contribution >= 4 is 10.9 Å². The van der Waals surface area contributed by atoms with Gasteiger partial charge in [-0.15, -0.1) is 0 Å². The topological polar surface area (TPSA) is 48.1 Å². The van der Waals surface area contributed by atoms with E-state index in [2.05, 4.69) is 23.2 Å². The molecule has 1 heterocycles. The summed E-state index contributed by atoms with van der Waals surface area (Å²) in [6.07, 6.45) is 5.44. The first-order valence-electron chi connectivity index (χ1n) is 7.49. The van der Waals surface area contributed by atoms with Crippen molar-refractivity contribution in [2.24, 2.45) is 11.7 Å². The Balaban J connectivity index is 1.81. The van der Waals surface area contributed by atoms with Crippen LogP contribution < -0.4 is 5.73 Å². The maximum Gasteiger partial charge on any atom is 0.0757 e. The van der Waals surface area contributed by atoms with Crippen LogP contribution in [0.15, 0.2) is 36.5 Å². The van der Waals surface area contributed by atoms with E-state index in [0.717, 1.165) is 18.5 Å². The Kier molecular flexibility index (Phi) is 3.99. The lowest BCUT2D eigenvalue weighted by atomic mass is 9.97. The average Bonchev–Trinajstić information content (AvgIpc) is 3.29. The molecule has 3 heteroatoms. The van der Waals surface area contributed by atoms with E-state index in [1.165, 1.54) is 23.8 Å². The van der Waals surface area contributed by atoms with Crippen LogP contribution >= 0.6 is 0 Å². The largest absolute Gasteiger partial charge is 0.377 e. The summed E-state index contributed by atoms with van der Waals surface area (Å²) in [6, 6.07) is 10.4. The summed E-state index contributed by atoms with van der Waals surface area (Å²) in [5.74, 6) is 0.665. The standard InChI is InChI=1S/C17H22N2O/c1-2-20-17(12-7-8-12)15(18)11-13-9-10-19-16-6-4-3-5-14(13)16/h3-6,9-10,12,15,17H,2,7-8,11,18H2,1H3. The van der Waals surface area contributed by atoms with Crippen molar-refractivity contribution < 1.29 is 4.74 Å². The number of hydrogen-bond donors (Lipinski definition) is 1. The number of ether oxygens (including phenoxy) is 1. The van der Waals surface area contributed by atoms with Crippen LogP contribution in [0.3, 0.4) is 0 Å². The van der Waals surface area contributed by atoms with Gasteiger partial charge in [0, 0.05) is 24.2 Å². The summed E-state index contributed by atoms with van der Waals surface area (Å²) in [7, 11) is 0. The maximum atomic E-state index is 6.42. The first-order chi connectivity index (χ1) is 9.79. The van der Waals surface area contributed by atoms with Crippen molar-refractivity contribution in [1.82, 2.24) is 4.98 Å². The molecule has 1 saturated carbocycles. The van der Waals surface area contributed by atoms with Gasteiger partial charge < -0.3 is 10.5 Å². The Morgan fingerprint density at radius 3 is 2.85 bits per heavy atom. The van der Waals surface area contributed by atoms with Crippen LogP contribution in [0.5, 0.6) is 0 Å². The first kappa shape index (κ1) is 13.5. The second-order valence-electron chi connectivity index (χ2n) is 5.61. The van der Waals surface area contributed by atoms with Crippen molar-refractivity contribution in [3.63, 3.8) is 0 Å². The van der Waals surface area contributed by atoms with E-state index in [0.29, 0.717) is 5.92 Å². The summed E-state index contributed by atoms with van der Waals surface area (Å²) in [6.45, 7) is 2.79. The van der Waals surface area contributed by atoms with Gasteiger partial charge in [-0.3, -0.25) is 4.98 Å². The molecule has 1 aromatic heterocycles. The zero-order valence-corrected chi connectivity index (χ0v) is 12.0. The van der Waals surface area contributed by atoms with Gasteiger partial charge in [0.15, 0.2) is 0 Å². The number of nitrogens with two attached hydrogens (primary N) is 1. The Labute approximate surface area is 120 Å². The third kappa shape index (κ3) is 2.84. The van der Waals surface area contributed by atoms with Gasteiger partial charge >= 0.3 is 0 Å². The Morgan fingerprint density at radius 1 is 1.30 bits per heavy atom. The SMILES string of the molecule is CCOC(C(N)Cc1ccnc2ccccc12)C1CC1. The molecule has 0 aliphatic heterocycles. The lowest BCUT2D eigenvalue weighted by molar-refractivity contribution is 0.0288. The van der Waals surface area contributed by atoms with E-state index in [9.17, 15) is 0 Å². The van der Waals surface area contributed by atoms with Crippen LogP contribution in [0.4, 0.5) is 0 Å². The summed E-state index contributed by atoms with van der Waals surface area (Å²) in [4.78, 5) is 4.41. The van der Waals surface area contributed by atoms with Crippen molar-refractivity contribution in [3.05, 3.63) is 42.1 Å². The first-order valence-corrected chi connectivity index (χ1v) is 7.49. The summed E-state index contributed by atoms with van der Waals surface area (Å²) in [5, 5.41) is 1.21. The molecule has 0 radical (unpaired) electrons. The van der Waals surface area contributed by atoms with Gasteiger partial charge in [0.05, 0.1) is 11.6 Å². The molecule has 0 bridgehead atoms. The highest BCUT2D eigenvalue weighted by Crippen LogP contribution is 2.36. The van der Waals surface area contributed by atoms with Gasteiger partial charge in [0.2, 0.25) is 0 Å². The van der Waals surface area contributed by atoms with Crippen LogP contribution in [0.25, 0.3) is 10.9 Å². The van der Waals surface area contributed by atoms with Crippen molar-refractivity contribution in [2.75, 3.05) is 6.61 Å². The zero-order chi connectivity index (χ0) is 13.9. The highest BCUT2D eigenvalue weighted by molar-refractivity contribution is 5.81. The van der Waals surface area contributed by atoms with E-state index >= 15 is 0 Å². The third-order valence-electron chi connectivity index (χ3n) is 4.06. The Bertz CT molecular complexity index is 575. The van der Waals surface area contributed by atoms with Crippen LogP contribution in [0.2, 0.25) is 0 Å². The molecule has 2 N–H and O–H groups in total. The molecule has 0 amide bonds. The molecule has 3 rings (SSSR count). The predicted molar refractivity (Wildman–Crippen MR) is 81.6 cm³/mol. The Hall–Kier alpha value is -1.45. The molecular formula is C17H22N2O. The number of para-hydroxylation sites is 1. The molecule has 1 fully saturated rings. The van der Waals surface area contributed by atoms with Gasteiger partial charge in [0.25, 0.3) is 0 Å². The highest BCUT2D eigenvalue weighted by atomic mass is 16.5. The van der Waals surface area contributed by atoms with E-state index in [4.69, 9.17) is 10.5 Å². The normalized spacial score (nSPS) is 18.1. The van der Waals surface area contributed by atoms with Gasteiger partial charge in [0.1, 0.15) is 0 Å². The number of hydrogen-bond acceptors (Lipinski definition) is 3. The fraction of sp³-hybridized carbons (Fsp3) is 0.471. The minimum Gasteiger partial charge on any atom is -0.377 e. The highest BCUT2D eigenvalue weighted by Gasteiger charge is 2.35. The number of benzene rings is 1. The molecule has 2 atom stereocenters. The predicted octanol–water partition coefficient (Wildman–Crippen LogP) is 2.92. The van der Waals surface area contributed by atoms with Crippen LogP contribution in [0.1, 0.15) is 25.3 Å². The molecule has 1 aliphatic carbocycles. The number of pyridine rings is 1. The fourth-order valence-electron chi connectivity index (χ4n) is 2.93. The number of aromatic nitrogens is 1. The molecule has 1 aromatic carbocycles. The Morgan fingerprint density at radius 2 is 2.10 bits per heavy atom. The van der Waals surface area contributed by atoms with E-state index < -0.39 is 0 Å². The smallest absolute Gasteiger partial charge is 0.0757 e. The molecule has 2 unspecified atom stereocenters. The van der Waals surface area contributed by atoms with E-state index in [1.807, 2.05) is 25.3 Å². The minimum atomic E-state index is 0.0632. The molecule has 2 aromatic rings. The minimum absolute atomic E-state index is 0.0632. The number of fused-ring (bicyclic) bond motifs is 1. The van der Waals surface area contributed by atoms with Crippen LogP contribution in [-0.2, 0) is 11.2 Å². The molecule has 1 aliphatic rings. The quantitative estimate of drug-likeness (QED) is 0.878. The van der Waals surface area contributed by atoms with Gasteiger partial charge in [-0.2, -0.15) is 0 Å². The molecular weight excluding hydrogens is 248 g/mol. The monoisotopic (exact) mass is 270 g/mol. The summed E-state index contributed by atoms with van der Waals surface area (Å²) < 4.78 is 5.87. The van der Waals surface area contributed by atoms with Crippen molar-refractivity contribution in [1.29, 1.82) is 0 Å². The lowest BCUT2D eigenvalue weighted by Crippen LogP contribution is -2.40. The van der Waals surface area contributed by atoms with Crippen molar-refractivity contribution in [2.45, 2.75) is 38.3 Å². The van der Waals surface area contributed by atoms with Gasteiger partial charge in [-0.25, -0.2) is 0 Å². The second kappa shape index (κ2) is 5.90. The third-order valence-corrected chi connectivity index (χ3v) is 4.06. The lowest BCUT2D eigenvalue weighted by Gasteiger charge is -2.24. The summed E-state index contributed by atoms with van der Waals surface area (Å²) in [5.41, 5.74) is 8.73. The van der Waals surface area contributed by atoms with Crippen LogP contribution in [0, 0.1) is 5.92 Å². The number of nitrogens with zero attached hydrogens (tertiary/aromatic N) is 1. The maximum absolute atomic E-state index is 6.42. The molecule has 0 saturated heterocycles. The van der Waals surface area contributed by atoms with Crippen molar-refractivity contribution in [3.8, 4) is 0 Å². The number of rotatable bonds is 6. The molecule has 0 spiro atoms. The van der Waals surface area contributed by atoms with Crippen LogP contribution in [-0.4, -0.2) is 23.7 Å². The zero-order valence-electron chi connectivity index (χ0n) is 12.0. The van der Waals surface area contributed by atoms with Gasteiger partial charge in [-0.1, -0.05) is 18.2 Å². The average molecular weight is 270 g/mol. The summed E-state index contributed by atoms with van der Waals surface area (Å²) >= 11 is 0. The van der Waals surface area contributed by atoms with Gasteiger partial charge in [-0.05, 0) is 49.8 Å². The molecule has 20 heavy (non-hydrogen) atoms. The fourth-order valence-corrected chi connectivity index (χ4v) is 2.93.